The Morgan fingerprint density at radius 3 is 3.04 bits per heavy atom. The number of likely N-dealkylation sites (tertiary alicyclic amines) is 1. The quantitative estimate of drug-likeness (QED) is 0.690. The maximum absolute atomic E-state index is 12.8. The van der Waals surface area contributed by atoms with Gasteiger partial charge in [-0.3, -0.25) is 4.79 Å². The van der Waals surface area contributed by atoms with Crippen LogP contribution in [0.4, 0.5) is 0 Å². The first kappa shape index (κ1) is 17.0. The van der Waals surface area contributed by atoms with Crippen molar-refractivity contribution in [1.82, 2.24) is 15.0 Å². The van der Waals surface area contributed by atoms with Crippen molar-refractivity contribution in [3.8, 4) is 11.4 Å². The van der Waals surface area contributed by atoms with Crippen LogP contribution < -0.4 is 0 Å². The van der Waals surface area contributed by atoms with Crippen LogP contribution in [0.15, 0.2) is 31.8 Å². The molecule has 0 aromatic carbocycles. The number of hydrogen-bond donors (Lipinski definition) is 0. The standard InChI is InChI=1S/C19H21N3O3S/c1-12-8-16(13(2)24-12)19(23)22-6-3-4-14(10-22)9-17-20-18(21-25-17)15-5-7-26-11-15/h5,7-8,11,14H,3-4,6,9-10H2,1-2H3. The highest BCUT2D eigenvalue weighted by Gasteiger charge is 2.28. The molecule has 0 spiro atoms. The number of carbonyl (C=O) groups is 1. The minimum atomic E-state index is 0.0496. The van der Waals surface area contributed by atoms with E-state index < -0.39 is 0 Å². The summed E-state index contributed by atoms with van der Waals surface area (Å²) in [7, 11) is 0. The number of rotatable bonds is 4. The van der Waals surface area contributed by atoms with Gasteiger partial charge >= 0.3 is 0 Å². The summed E-state index contributed by atoms with van der Waals surface area (Å²) >= 11 is 1.61. The second kappa shape index (κ2) is 7.07. The van der Waals surface area contributed by atoms with Gasteiger partial charge in [0.15, 0.2) is 0 Å². The van der Waals surface area contributed by atoms with Crippen LogP contribution in [-0.2, 0) is 6.42 Å². The number of nitrogens with zero attached hydrogens (tertiary/aromatic N) is 3. The molecule has 1 aliphatic rings. The van der Waals surface area contributed by atoms with Crippen molar-refractivity contribution in [3.63, 3.8) is 0 Å². The van der Waals surface area contributed by atoms with Crippen molar-refractivity contribution < 1.29 is 13.7 Å². The summed E-state index contributed by atoms with van der Waals surface area (Å²) in [4.78, 5) is 19.2. The van der Waals surface area contributed by atoms with Crippen LogP contribution in [0, 0.1) is 19.8 Å². The molecule has 4 rings (SSSR count). The molecule has 3 aromatic heterocycles. The molecule has 0 N–H and O–H groups in total. The topological polar surface area (TPSA) is 72.4 Å². The molecule has 6 nitrogen and oxygen atoms in total. The van der Waals surface area contributed by atoms with Crippen LogP contribution in [0.25, 0.3) is 11.4 Å². The van der Waals surface area contributed by atoms with Gasteiger partial charge in [-0.05, 0) is 50.1 Å². The summed E-state index contributed by atoms with van der Waals surface area (Å²) in [6, 6.07) is 3.81. The maximum atomic E-state index is 12.8. The molecular weight excluding hydrogens is 350 g/mol. The SMILES string of the molecule is Cc1cc(C(=O)N2CCCC(Cc3nc(-c4ccsc4)no3)C2)c(C)o1. The number of piperidine rings is 1. The van der Waals surface area contributed by atoms with E-state index >= 15 is 0 Å². The first-order chi connectivity index (χ1) is 12.6. The molecule has 0 bridgehead atoms. The molecule has 7 heteroatoms. The van der Waals surface area contributed by atoms with E-state index in [1.807, 2.05) is 41.6 Å². The average molecular weight is 371 g/mol. The summed E-state index contributed by atoms with van der Waals surface area (Å²) < 4.78 is 10.9. The maximum Gasteiger partial charge on any atom is 0.257 e. The van der Waals surface area contributed by atoms with Gasteiger partial charge in [0.05, 0.1) is 5.56 Å². The molecule has 1 amide bonds. The first-order valence-corrected chi connectivity index (χ1v) is 9.76. The molecule has 26 heavy (non-hydrogen) atoms. The van der Waals surface area contributed by atoms with Gasteiger partial charge in [-0.25, -0.2) is 0 Å². The lowest BCUT2D eigenvalue weighted by atomic mass is 9.94. The molecule has 4 heterocycles. The fourth-order valence-corrected chi connectivity index (χ4v) is 4.16. The third-order valence-corrected chi connectivity index (χ3v) is 5.47. The lowest BCUT2D eigenvalue weighted by Crippen LogP contribution is -2.40. The molecular formula is C19H21N3O3S. The van der Waals surface area contributed by atoms with Crippen molar-refractivity contribution >= 4 is 17.2 Å². The number of hydrogen-bond acceptors (Lipinski definition) is 6. The van der Waals surface area contributed by atoms with Gasteiger partial charge in [-0.15, -0.1) is 0 Å². The second-order valence-electron chi connectivity index (χ2n) is 6.81. The Labute approximate surface area is 155 Å². The van der Waals surface area contributed by atoms with Crippen molar-refractivity contribution in [3.05, 3.63) is 45.9 Å². The summed E-state index contributed by atoms with van der Waals surface area (Å²) in [5.41, 5.74) is 1.65. The number of furan rings is 1. The van der Waals surface area contributed by atoms with Crippen molar-refractivity contribution in [2.45, 2.75) is 33.1 Å². The van der Waals surface area contributed by atoms with E-state index in [2.05, 4.69) is 10.1 Å². The lowest BCUT2D eigenvalue weighted by Gasteiger charge is -2.32. The zero-order chi connectivity index (χ0) is 18.1. The number of amides is 1. The molecule has 1 unspecified atom stereocenters. The van der Waals surface area contributed by atoms with Gasteiger partial charge in [0.2, 0.25) is 11.7 Å². The molecule has 1 aliphatic heterocycles. The molecule has 1 saturated heterocycles. The lowest BCUT2D eigenvalue weighted by molar-refractivity contribution is 0.0666. The zero-order valence-corrected chi connectivity index (χ0v) is 15.7. The minimum Gasteiger partial charge on any atom is -0.466 e. The van der Waals surface area contributed by atoms with E-state index in [0.29, 0.717) is 41.9 Å². The normalized spacial score (nSPS) is 17.6. The van der Waals surface area contributed by atoms with Crippen LogP contribution in [0.2, 0.25) is 0 Å². The Morgan fingerprint density at radius 2 is 2.31 bits per heavy atom. The van der Waals surface area contributed by atoms with Gasteiger partial charge in [0.1, 0.15) is 11.5 Å². The van der Waals surface area contributed by atoms with Gasteiger partial charge in [-0.1, -0.05) is 5.16 Å². The Morgan fingerprint density at radius 1 is 1.42 bits per heavy atom. The fourth-order valence-electron chi connectivity index (χ4n) is 3.52. The largest absolute Gasteiger partial charge is 0.466 e. The van der Waals surface area contributed by atoms with E-state index in [1.165, 1.54) is 0 Å². The Bertz CT molecular complexity index is 897. The number of thiophene rings is 1. The summed E-state index contributed by atoms with van der Waals surface area (Å²) in [5.74, 6) is 3.11. The second-order valence-corrected chi connectivity index (χ2v) is 7.59. The van der Waals surface area contributed by atoms with Crippen LogP contribution in [0.5, 0.6) is 0 Å². The highest BCUT2D eigenvalue weighted by molar-refractivity contribution is 7.08. The van der Waals surface area contributed by atoms with Crippen LogP contribution >= 0.6 is 11.3 Å². The molecule has 3 aromatic rings. The molecule has 0 radical (unpaired) electrons. The van der Waals surface area contributed by atoms with E-state index in [9.17, 15) is 4.79 Å². The van der Waals surface area contributed by atoms with Gasteiger partial charge in [-0.2, -0.15) is 16.3 Å². The molecule has 0 saturated carbocycles. The first-order valence-electron chi connectivity index (χ1n) is 8.81. The minimum absolute atomic E-state index is 0.0496. The fraction of sp³-hybridized carbons (Fsp3) is 0.421. The van der Waals surface area contributed by atoms with Crippen molar-refractivity contribution in [1.29, 1.82) is 0 Å². The van der Waals surface area contributed by atoms with E-state index in [4.69, 9.17) is 8.94 Å². The van der Waals surface area contributed by atoms with E-state index in [0.717, 1.165) is 30.7 Å². The van der Waals surface area contributed by atoms with Gasteiger partial charge < -0.3 is 13.8 Å². The number of aryl methyl sites for hydroxylation is 2. The predicted octanol–water partition coefficient (Wildman–Crippen LogP) is 4.10. The Balaban J connectivity index is 1.42. The van der Waals surface area contributed by atoms with Crippen LogP contribution in [0.3, 0.4) is 0 Å². The Kier molecular flexibility index (Phi) is 4.63. The summed E-state index contributed by atoms with van der Waals surface area (Å²) in [6.45, 7) is 5.19. The molecule has 0 aliphatic carbocycles. The Hall–Kier alpha value is -2.41. The van der Waals surface area contributed by atoms with Crippen molar-refractivity contribution in [2.75, 3.05) is 13.1 Å². The molecule has 1 fully saturated rings. The van der Waals surface area contributed by atoms with Crippen molar-refractivity contribution in [2.24, 2.45) is 5.92 Å². The van der Waals surface area contributed by atoms with Crippen LogP contribution in [-0.4, -0.2) is 34.0 Å². The van der Waals surface area contributed by atoms with Gasteiger partial charge in [0, 0.05) is 30.5 Å². The third kappa shape index (κ3) is 3.44. The highest BCUT2D eigenvalue weighted by atomic mass is 32.1. The zero-order valence-electron chi connectivity index (χ0n) is 14.9. The van der Waals surface area contributed by atoms with Crippen LogP contribution in [0.1, 0.15) is 40.6 Å². The van der Waals surface area contributed by atoms with E-state index in [1.54, 1.807) is 11.3 Å². The molecule has 1 atom stereocenters. The number of aromatic nitrogens is 2. The van der Waals surface area contributed by atoms with E-state index in [-0.39, 0.29) is 5.91 Å². The summed E-state index contributed by atoms with van der Waals surface area (Å²) in [5, 5.41) is 8.07. The smallest absolute Gasteiger partial charge is 0.257 e. The summed E-state index contributed by atoms with van der Waals surface area (Å²) in [6.07, 6.45) is 2.74. The highest BCUT2D eigenvalue weighted by Crippen LogP contribution is 2.25. The predicted molar refractivity (Wildman–Crippen MR) is 98.1 cm³/mol. The molecule has 136 valence electrons. The number of carbonyl (C=O) groups excluding carboxylic acids is 1. The third-order valence-electron chi connectivity index (χ3n) is 4.79. The average Bonchev–Trinajstić information content (AvgIpc) is 3.35. The monoisotopic (exact) mass is 371 g/mol. The van der Waals surface area contributed by atoms with Gasteiger partial charge in [0.25, 0.3) is 5.91 Å².